The van der Waals surface area contributed by atoms with Gasteiger partial charge in [-0.1, -0.05) is 37.6 Å². The maximum Gasteiger partial charge on any atom is 0.251 e. The molecule has 0 aliphatic rings. The average Bonchev–Trinajstić information content (AvgIpc) is 2.59. The minimum absolute atomic E-state index is 0.122. The van der Waals surface area contributed by atoms with Gasteiger partial charge in [-0.25, -0.2) is 0 Å². The zero-order valence-corrected chi connectivity index (χ0v) is 15.1. The van der Waals surface area contributed by atoms with Crippen LogP contribution < -0.4 is 16.4 Å². The van der Waals surface area contributed by atoms with Gasteiger partial charge in [0.25, 0.3) is 5.91 Å². The molecule has 0 fully saturated rings. The van der Waals surface area contributed by atoms with Gasteiger partial charge >= 0.3 is 0 Å². The molecule has 2 aromatic carbocycles. The standard InChI is InChI=1S/C20H23N3O3/c1-12(2)17(23-19(25)14-9-7-13(3)8-10-14)20(26)22-16-6-4-5-15(11-16)18(21)24/h4-12,17H,1-3H3,(H2,21,24)(H,22,26)(H,23,25)/t17-/m1/s1. The van der Waals surface area contributed by atoms with E-state index in [-0.39, 0.29) is 17.7 Å². The van der Waals surface area contributed by atoms with Crippen LogP contribution in [0.4, 0.5) is 5.69 Å². The van der Waals surface area contributed by atoms with E-state index in [2.05, 4.69) is 10.6 Å². The van der Waals surface area contributed by atoms with E-state index < -0.39 is 11.9 Å². The molecule has 0 aliphatic heterocycles. The smallest absolute Gasteiger partial charge is 0.251 e. The summed E-state index contributed by atoms with van der Waals surface area (Å²) >= 11 is 0. The molecule has 0 heterocycles. The van der Waals surface area contributed by atoms with Gasteiger partial charge < -0.3 is 16.4 Å². The van der Waals surface area contributed by atoms with Crippen molar-refractivity contribution in [3.63, 3.8) is 0 Å². The number of hydrogen-bond donors (Lipinski definition) is 3. The summed E-state index contributed by atoms with van der Waals surface area (Å²) in [7, 11) is 0. The SMILES string of the molecule is Cc1ccc(C(=O)N[C@@H](C(=O)Nc2cccc(C(N)=O)c2)C(C)C)cc1. The quantitative estimate of drug-likeness (QED) is 0.743. The van der Waals surface area contributed by atoms with E-state index in [4.69, 9.17) is 5.73 Å². The van der Waals surface area contributed by atoms with Crippen molar-refractivity contribution in [2.24, 2.45) is 11.7 Å². The van der Waals surface area contributed by atoms with Gasteiger partial charge in [-0.05, 0) is 43.2 Å². The Morgan fingerprint density at radius 3 is 2.19 bits per heavy atom. The van der Waals surface area contributed by atoms with E-state index in [1.165, 1.54) is 6.07 Å². The highest BCUT2D eigenvalue weighted by Gasteiger charge is 2.25. The lowest BCUT2D eigenvalue weighted by Crippen LogP contribution is -2.47. The lowest BCUT2D eigenvalue weighted by Gasteiger charge is -2.22. The number of anilines is 1. The monoisotopic (exact) mass is 353 g/mol. The van der Waals surface area contributed by atoms with E-state index in [9.17, 15) is 14.4 Å². The molecule has 1 atom stereocenters. The molecule has 0 aromatic heterocycles. The Balaban J connectivity index is 2.12. The second-order valence-corrected chi connectivity index (χ2v) is 6.50. The first-order valence-electron chi connectivity index (χ1n) is 8.36. The number of carbonyl (C=O) groups excluding carboxylic acids is 3. The molecule has 0 bridgehead atoms. The van der Waals surface area contributed by atoms with E-state index in [0.717, 1.165) is 5.56 Å². The summed E-state index contributed by atoms with van der Waals surface area (Å²) in [6, 6.07) is 12.8. The minimum atomic E-state index is -0.721. The number of rotatable bonds is 6. The van der Waals surface area contributed by atoms with E-state index in [1.54, 1.807) is 30.3 Å². The predicted octanol–water partition coefficient (Wildman–Crippen LogP) is 2.49. The molecule has 0 saturated heterocycles. The van der Waals surface area contributed by atoms with Crippen molar-refractivity contribution >= 4 is 23.4 Å². The number of nitrogens with one attached hydrogen (secondary N) is 2. The molecule has 26 heavy (non-hydrogen) atoms. The lowest BCUT2D eigenvalue weighted by atomic mass is 10.0. The van der Waals surface area contributed by atoms with Gasteiger partial charge in [0.2, 0.25) is 11.8 Å². The number of hydrogen-bond acceptors (Lipinski definition) is 3. The fourth-order valence-corrected chi connectivity index (χ4v) is 2.43. The molecule has 0 radical (unpaired) electrons. The Bertz CT molecular complexity index is 813. The van der Waals surface area contributed by atoms with Gasteiger partial charge in [0.1, 0.15) is 6.04 Å². The summed E-state index contributed by atoms with van der Waals surface area (Å²) in [4.78, 5) is 36.3. The number of nitrogens with two attached hydrogens (primary N) is 1. The zero-order valence-electron chi connectivity index (χ0n) is 15.1. The maximum absolute atomic E-state index is 12.6. The Morgan fingerprint density at radius 1 is 0.962 bits per heavy atom. The fraction of sp³-hybridized carbons (Fsp3) is 0.250. The van der Waals surface area contributed by atoms with Gasteiger partial charge in [-0.2, -0.15) is 0 Å². The van der Waals surface area contributed by atoms with Gasteiger partial charge in [0.05, 0.1) is 0 Å². The second kappa shape index (κ2) is 8.29. The highest BCUT2D eigenvalue weighted by Crippen LogP contribution is 2.13. The second-order valence-electron chi connectivity index (χ2n) is 6.50. The third-order valence-electron chi connectivity index (χ3n) is 3.96. The summed E-state index contributed by atoms with van der Waals surface area (Å²) in [5.41, 5.74) is 7.54. The first-order chi connectivity index (χ1) is 12.3. The van der Waals surface area contributed by atoms with Crippen LogP contribution in [0.2, 0.25) is 0 Å². The van der Waals surface area contributed by atoms with Crippen LogP contribution in [-0.4, -0.2) is 23.8 Å². The predicted molar refractivity (Wildman–Crippen MR) is 101 cm³/mol. The molecule has 4 N–H and O–H groups in total. The lowest BCUT2D eigenvalue weighted by molar-refractivity contribution is -0.118. The molecule has 0 spiro atoms. The van der Waals surface area contributed by atoms with E-state index >= 15 is 0 Å². The molecule has 2 rings (SSSR count). The van der Waals surface area contributed by atoms with Gasteiger partial charge in [0, 0.05) is 16.8 Å². The summed E-state index contributed by atoms with van der Waals surface area (Å²) in [5, 5.41) is 5.49. The van der Waals surface area contributed by atoms with Crippen LogP contribution in [0.1, 0.15) is 40.1 Å². The summed E-state index contributed by atoms with van der Waals surface area (Å²) in [6.07, 6.45) is 0. The van der Waals surface area contributed by atoms with Crippen LogP contribution in [0.25, 0.3) is 0 Å². The van der Waals surface area contributed by atoms with Gasteiger partial charge in [-0.3, -0.25) is 14.4 Å². The number of carbonyl (C=O) groups is 3. The molecule has 6 nitrogen and oxygen atoms in total. The third kappa shape index (κ3) is 4.92. The van der Waals surface area contributed by atoms with E-state index in [0.29, 0.717) is 16.8 Å². The Kier molecular flexibility index (Phi) is 6.11. The first kappa shape index (κ1) is 19.2. The summed E-state index contributed by atoms with van der Waals surface area (Å²) in [5.74, 6) is -1.37. The van der Waals surface area contributed by atoms with Gasteiger partial charge in [0.15, 0.2) is 0 Å². The molecule has 0 saturated carbocycles. The van der Waals surface area contributed by atoms with Crippen LogP contribution in [0.5, 0.6) is 0 Å². The number of benzene rings is 2. The largest absolute Gasteiger partial charge is 0.366 e. The van der Waals surface area contributed by atoms with Crippen molar-refractivity contribution in [3.05, 3.63) is 65.2 Å². The summed E-state index contributed by atoms with van der Waals surface area (Å²) < 4.78 is 0. The van der Waals surface area contributed by atoms with Crippen molar-refractivity contribution in [2.75, 3.05) is 5.32 Å². The molecule has 6 heteroatoms. The molecule has 0 aliphatic carbocycles. The highest BCUT2D eigenvalue weighted by atomic mass is 16.2. The molecule has 2 aromatic rings. The van der Waals surface area contributed by atoms with Gasteiger partial charge in [-0.15, -0.1) is 0 Å². The number of primary amides is 1. The molecular weight excluding hydrogens is 330 g/mol. The van der Waals surface area contributed by atoms with E-state index in [1.807, 2.05) is 32.9 Å². The van der Waals surface area contributed by atoms with Crippen molar-refractivity contribution in [3.8, 4) is 0 Å². The van der Waals surface area contributed by atoms with Crippen LogP contribution in [0, 0.1) is 12.8 Å². The summed E-state index contributed by atoms with van der Waals surface area (Å²) in [6.45, 7) is 5.63. The fourth-order valence-electron chi connectivity index (χ4n) is 2.43. The molecule has 0 unspecified atom stereocenters. The number of aryl methyl sites for hydroxylation is 1. The van der Waals surface area contributed by atoms with Crippen LogP contribution in [0.15, 0.2) is 48.5 Å². The number of amides is 3. The van der Waals surface area contributed by atoms with Crippen LogP contribution in [0.3, 0.4) is 0 Å². The first-order valence-corrected chi connectivity index (χ1v) is 8.36. The Hall–Kier alpha value is -3.15. The molecule has 3 amide bonds. The van der Waals surface area contributed by atoms with Crippen molar-refractivity contribution in [2.45, 2.75) is 26.8 Å². The molecule has 136 valence electrons. The van der Waals surface area contributed by atoms with Crippen molar-refractivity contribution in [1.82, 2.24) is 5.32 Å². The third-order valence-corrected chi connectivity index (χ3v) is 3.96. The Labute approximate surface area is 152 Å². The van der Waals surface area contributed by atoms with Crippen molar-refractivity contribution in [1.29, 1.82) is 0 Å². The zero-order chi connectivity index (χ0) is 19.3. The molecular formula is C20H23N3O3. The maximum atomic E-state index is 12.6. The van der Waals surface area contributed by atoms with Crippen LogP contribution >= 0.6 is 0 Å². The minimum Gasteiger partial charge on any atom is -0.366 e. The Morgan fingerprint density at radius 2 is 1.62 bits per heavy atom. The van der Waals surface area contributed by atoms with Crippen molar-refractivity contribution < 1.29 is 14.4 Å². The average molecular weight is 353 g/mol. The van der Waals surface area contributed by atoms with Crippen LogP contribution in [-0.2, 0) is 4.79 Å². The topological polar surface area (TPSA) is 101 Å². The normalized spacial score (nSPS) is 11.7. The highest BCUT2D eigenvalue weighted by molar-refractivity contribution is 6.02.